The van der Waals surface area contributed by atoms with Crippen molar-refractivity contribution in [3.8, 4) is 5.75 Å². The zero-order chi connectivity index (χ0) is 22.3. The molecular formula is C26H37IN4O2. The second-order valence-corrected chi connectivity index (χ2v) is 8.68. The Morgan fingerprint density at radius 3 is 2.52 bits per heavy atom. The Morgan fingerprint density at radius 2 is 1.82 bits per heavy atom. The number of para-hydroxylation sites is 2. The van der Waals surface area contributed by atoms with E-state index >= 15 is 0 Å². The maximum Gasteiger partial charge on any atom is 0.193 e. The molecule has 2 aromatic rings. The molecule has 0 amide bonds. The average Bonchev–Trinajstić information content (AvgIpc) is 2.85. The molecule has 2 fully saturated rings. The van der Waals surface area contributed by atoms with Crippen LogP contribution < -0.4 is 15.0 Å². The standard InChI is InChI=1S/C26H36N4O2.HI/c1-20-10-12-21(13-11-20)25-22(7-6-18-32-25)19-28-26(27-2)30-16-14-29(15-17-30)23-8-4-5-9-24(23)31-3;/h4-5,8-13,22,25H,6-7,14-19H2,1-3H3,(H,27,28);1H. The van der Waals surface area contributed by atoms with Gasteiger partial charge < -0.3 is 24.6 Å². The maximum absolute atomic E-state index is 6.20. The summed E-state index contributed by atoms with van der Waals surface area (Å²) in [5.41, 5.74) is 3.73. The highest BCUT2D eigenvalue weighted by Gasteiger charge is 2.28. The van der Waals surface area contributed by atoms with E-state index in [1.165, 1.54) is 17.5 Å². The van der Waals surface area contributed by atoms with Gasteiger partial charge in [0.05, 0.1) is 18.9 Å². The number of halogens is 1. The van der Waals surface area contributed by atoms with E-state index in [9.17, 15) is 0 Å². The van der Waals surface area contributed by atoms with Crippen molar-refractivity contribution in [2.24, 2.45) is 10.9 Å². The number of ether oxygens (including phenoxy) is 2. The van der Waals surface area contributed by atoms with Crippen molar-refractivity contribution in [3.63, 3.8) is 0 Å². The minimum Gasteiger partial charge on any atom is -0.495 e. The molecule has 2 saturated heterocycles. The van der Waals surface area contributed by atoms with Gasteiger partial charge in [0.1, 0.15) is 5.75 Å². The molecule has 2 aliphatic heterocycles. The lowest BCUT2D eigenvalue weighted by Gasteiger charge is -2.39. The predicted octanol–water partition coefficient (Wildman–Crippen LogP) is 4.49. The predicted molar refractivity (Wildman–Crippen MR) is 146 cm³/mol. The Bertz CT molecular complexity index is 897. The first kappa shape index (κ1) is 25.6. The fourth-order valence-corrected chi connectivity index (χ4v) is 4.78. The molecule has 0 aromatic heterocycles. The SMILES string of the molecule is CN=C(NCC1CCCOC1c1ccc(C)cc1)N1CCN(c2ccccc2OC)CC1.I. The number of guanidine groups is 1. The summed E-state index contributed by atoms with van der Waals surface area (Å²) in [6, 6.07) is 17.0. The van der Waals surface area contributed by atoms with Crippen LogP contribution in [0.1, 0.15) is 30.1 Å². The van der Waals surface area contributed by atoms with Crippen LogP contribution in [-0.2, 0) is 4.74 Å². The third-order valence-corrected chi connectivity index (χ3v) is 6.59. The Balaban J connectivity index is 0.00000306. The molecule has 0 saturated carbocycles. The smallest absolute Gasteiger partial charge is 0.193 e. The number of rotatable bonds is 5. The number of aliphatic imine (C=N–C) groups is 1. The number of hydrogen-bond acceptors (Lipinski definition) is 4. The molecule has 4 rings (SSSR count). The van der Waals surface area contributed by atoms with Crippen LogP contribution in [0, 0.1) is 12.8 Å². The number of nitrogens with zero attached hydrogens (tertiary/aromatic N) is 3. The van der Waals surface area contributed by atoms with E-state index in [2.05, 4.69) is 63.4 Å². The molecule has 7 heteroatoms. The average molecular weight is 565 g/mol. The first-order valence-corrected chi connectivity index (χ1v) is 11.7. The summed E-state index contributed by atoms with van der Waals surface area (Å²) in [4.78, 5) is 9.34. The molecule has 2 aromatic carbocycles. The number of aryl methyl sites for hydroxylation is 1. The fraction of sp³-hybridized carbons (Fsp3) is 0.500. The molecule has 0 radical (unpaired) electrons. The van der Waals surface area contributed by atoms with Crippen molar-refractivity contribution in [1.82, 2.24) is 10.2 Å². The van der Waals surface area contributed by atoms with Crippen LogP contribution in [0.25, 0.3) is 0 Å². The molecule has 2 heterocycles. The maximum atomic E-state index is 6.20. The molecule has 0 aliphatic carbocycles. The van der Waals surface area contributed by atoms with Crippen molar-refractivity contribution in [2.75, 3.05) is 58.4 Å². The molecule has 180 valence electrons. The third-order valence-electron chi connectivity index (χ3n) is 6.59. The van der Waals surface area contributed by atoms with E-state index < -0.39 is 0 Å². The monoisotopic (exact) mass is 564 g/mol. The highest BCUT2D eigenvalue weighted by molar-refractivity contribution is 14.0. The number of anilines is 1. The summed E-state index contributed by atoms with van der Waals surface area (Å²) in [6.45, 7) is 7.59. The second kappa shape index (κ2) is 12.5. The third kappa shape index (κ3) is 6.32. The highest BCUT2D eigenvalue weighted by atomic mass is 127. The number of piperazine rings is 1. The zero-order valence-electron chi connectivity index (χ0n) is 20.0. The zero-order valence-corrected chi connectivity index (χ0v) is 22.3. The van der Waals surface area contributed by atoms with Crippen LogP contribution in [0.4, 0.5) is 5.69 Å². The van der Waals surface area contributed by atoms with Crippen LogP contribution in [0.2, 0.25) is 0 Å². The minimum atomic E-state index is 0. The van der Waals surface area contributed by atoms with Gasteiger partial charge in [-0.1, -0.05) is 42.0 Å². The molecule has 6 nitrogen and oxygen atoms in total. The van der Waals surface area contributed by atoms with Gasteiger partial charge in [-0.15, -0.1) is 24.0 Å². The largest absolute Gasteiger partial charge is 0.495 e. The van der Waals surface area contributed by atoms with Crippen LogP contribution in [0.5, 0.6) is 5.75 Å². The van der Waals surface area contributed by atoms with Crippen molar-refractivity contribution >= 4 is 35.6 Å². The molecular weight excluding hydrogens is 527 g/mol. The Hall–Kier alpha value is -2.00. The quantitative estimate of drug-likeness (QED) is 0.330. The summed E-state index contributed by atoms with van der Waals surface area (Å²) in [7, 11) is 3.61. The van der Waals surface area contributed by atoms with Crippen LogP contribution in [-0.4, -0.2) is 64.3 Å². The molecule has 2 aliphatic rings. The van der Waals surface area contributed by atoms with Gasteiger partial charge in [-0.2, -0.15) is 0 Å². The lowest BCUT2D eigenvalue weighted by Crippen LogP contribution is -2.53. The summed E-state index contributed by atoms with van der Waals surface area (Å²) < 4.78 is 11.8. The highest BCUT2D eigenvalue weighted by Crippen LogP contribution is 2.33. The first-order chi connectivity index (χ1) is 15.7. The van der Waals surface area contributed by atoms with Crippen molar-refractivity contribution in [3.05, 3.63) is 59.7 Å². The molecule has 2 unspecified atom stereocenters. The number of nitrogens with one attached hydrogen (secondary N) is 1. The second-order valence-electron chi connectivity index (χ2n) is 8.68. The summed E-state index contributed by atoms with van der Waals surface area (Å²) >= 11 is 0. The van der Waals surface area contributed by atoms with Gasteiger partial charge in [0.15, 0.2) is 5.96 Å². The van der Waals surface area contributed by atoms with Gasteiger partial charge in [0.2, 0.25) is 0 Å². The molecule has 0 spiro atoms. The van der Waals surface area contributed by atoms with Crippen molar-refractivity contribution < 1.29 is 9.47 Å². The summed E-state index contributed by atoms with van der Waals surface area (Å²) in [6.07, 6.45) is 2.44. The van der Waals surface area contributed by atoms with Gasteiger partial charge in [-0.05, 0) is 37.5 Å². The van der Waals surface area contributed by atoms with E-state index in [4.69, 9.17) is 9.47 Å². The molecule has 2 atom stereocenters. The van der Waals surface area contributed by atoms with E-state index in [1.807, 2.05) is 19.2 Å². The topological polar surface area (TPSA) is 49.3 Å². The van der Waals surface area contributed by atoms with Gasteiger partial charge in [0.25, 0.3) is 0 Å². The summed E-state index contributed by atoms with van der Waals surface area (Å²) in [5.74, 6) is 2.36. The van der Waals surface area contributed by atoms with Crippen molar-refractivity contribution in [2.45, 2.75) is 25.9 Å². The lowest BCUT2D eigenvalue weighted by molar-refractivity contribution is -0.0266. The lowest BCUT2D eigenvalue weighted by atomic mass is 9.89. The normalized spacial score (nSPS) is 21.4. The summed E-state index contributed by atoms with van der Waals surface area (Å²) in [5, 5.41) is 3.65. The van der Waals surface area contributed by atoms with E-state index in [0.717, 1.165) is 63.1 Å². The van der Waals surface area contributed by atoms with Gasteiger partial charge >= 0.3 is 0 Å². The molecule has 33 heavy (non-hydrogen) atoms. The van der Waals surface area contributed by atoms with E-state index in [0.29, 0.717) is 5.92 Å². The first-order valence-electron chi connectivity index (χ1n) is 11.7. The van der Waals surface area contributed by atoms with Crippen LogP contribution >= 0.6 is 24.0 Å². The number of hydrogen-bond donors (Lipinski definition) is 1. The number of benzene rings is 2. The Kier molecular flexibility index (Phi) is 9.67. The van der Waals surface area contributed by atoms with E-state index in [1.54, 1.807) is 7.11 Å². The Morgan fingerprint density at radius 1 is 1.09 bits per heavy atom. The Labute approximate surface area is 215 Å². The van der Waals surface area contributed by atoms with Gasteiger partial charge in [-0.25, -0.2) is 0 Å². The fourth-order valence-electron chi connectivity index (χ4n) is 4.78. The van der Waals surface area contributed by atoms with Gasteiger partial charge in [-0.3, -0.25) is 4.99 Å². The minimum absolute atomic E-state index is 0. The molecule has 0 bridgehead atoms. The van der Waals surface area contributed by atoms with Crippen molar-refractivity contribution in [1.29, 1.82) is 0 Å². The van der Waals surface area contributed by atoms with Crippen LogP contribution in [0.3, 0.4) is 0 Å². The van der Waals surface area contributed by atoms with Crippen LogP contribution in [0.15, 0.2) is 53.5 Å². The number of methoxy groups -OCH3 is 1. The molecule has 1 N–H and O–H groups in total. The van der Waals surface area contributed by atoms with E-state index in [-0.39, 0.29) is 30.1 Å². The van der Waals surface area contributed by atoms with Gasteiger partial charge in [0, 0.05) is 52.3 Å².